The number of carbonyl (C=O) groups excluding carboxylic acids is 1. The van der Waals surface area contributed by atoms with E-state index < -0.39 is 11.6 Å². The predicted octanol–water partition coefficient (Wildman–Crippen LogP) is 2.58. The van der Waals surface area contributed by atoms with Crippen LogP contribution in [-0.2, 0) is 4.79 Å². The Balaban J connectivity index is 3.16. The number of carbonyl (C=O) groups is 1. The molecule has 0 saturated carbocycles. The first-order valence-electron chi connectivity index (χ1n) is 4.26. The van der Waals surface area contributed by atoms with E-state index in [0.29, 0.717) is 5.56 Å². The van der Waals surface area contributed by atoms with Gasteiger partial charge in [0.25, 0.3) is 0 Å². The highest BCUT2D eigenvalue weighted by Crippen LogP contribution is 2.23. The van der Waals surface area contributed by atoms with Gasteiger partial charge in [-0.25, -0.2) is 8.78 Å². The second-order valence-corrected chi connectivity index (χ2v) is 2.95. The summed E-state index contributed by atoms with van der Waals surface area (Å²) in [6, 6.07) is 1.92. The average Bonchev–Trinajstić information content (AvgIpc) is 2.19. The monoisotopic (exact) mass is 212 g/mol. The van der Waals surface area contributed by atoms with E-state index in [0.717, 1.165) is 12.1 Å². The molecule has 0 aliphatic rings. The lowest BCUT2D eigenvalue weighted by atomic mass is 10.1. The van der Waals surface area contributed by atoms with Crippen LogP contribution < -0.4 is 4.74 Å². The summed E-state index contributed by atoms with van der Waals surface area (Å²) in [5.74, 6) is -1.95. The number of halogens is 2. The van der Waals surface area contributed by atoms with Gasteiger partial charge in [-0.05, 0) is 25.1 Å². The molecule has 0 atom stereocenters. The summed E-state index contributed by atoms with van der Waals surface area (Å²) >= 11 is 0. The molecule has 0 radical (unpaired) electrons. The molecule has 0 N–H and O–H groups in total. The van der Waals surface area contributed by atoms with E-state index in [1.807, 2.05) is 0 Å². The Labute approximate surface area is 86.2 Å². The lowest BCUT2D eigenvalue weighted by Gasteiger charge is -2.05. The van der Waals surface area contributed by atoms with Gasteiger partial charge in [-0.1, -0.05) is 0 Å². The molecular formula is C11H10F2O2. The van der Waals surface area contributed by atoms with E-state index in [9.17, 15) is 13.6 Å². The molecule has 0 aliphatic carbocycles. The predicted molar refractivity (Wildman–Crippen MR) is 52.6 cm³/mol. The Morgan fingerprint density at radius 1 is 1.33 bits per heavy atom. The number of rotatable bonds is 3. The van der Waals surface area contributed by atoms with Gasteiger partial charge in [-0.3, -0.25) is 4.79 Å². The second-order valence-electron chi connectivity index (χ2n) is 2.95. The molecule has 1 aromatic rings. The summed E-state index contributed by atoms with van der Waals surface area (Å²) in [7, 11) is 1.35. The molecule has 0 aliphatic heterocycles. The van der Waals surface area contributed by atoms with Crippen LogP contribution in [0.15, 0.2) is 18.2 Å². The highest BCUT2D eigenvalue weighted by Gasteiger charge is 2.08. The van der Waals surface area contributed by atoms with Crippen LogP contribution in [0.1, 0.15) is 12.5 Å². The number of hydrogen-bond acceptors (Lipinski definition) is 2. The third-order valence-electron chi connectivity index (χ3n) is 1.77. The van der Waals surface area contributed by atoms with Crippen LogP contribution in [0.3, 0.4) is 0 Å². The Hall–Kier alpha value is -1.71. The first-order chi connectivity index (χ1) is 7.04. The minimum atomic E-state index is -0.980. The molecule has 0 amide bonds. The third-order valence-corrected chi connectivity index (χ3v) is 1.77. The molecule has 2 nitrogen and oxygen atoms in total. The van der Waals surface area contributed by atoms with Gasteiger partial charge in [0.05, 0.1) is 7.11 Å². The molecule has 4 heteroatoms. The van der Waals surface area contributed by atoms with Crippen LogP contribution in [0.5, 0.6) is 5.75 Å². The third kappa shape index (κ3) is 2.87. The average molecular weight is 212 g/mol. The van der Waals surface area contributed by atoms with Gasteiger partial charge in [-0.2, -0.15) is 0 Å². The molecule has 1 rings (SSSR count). The maximum atomic E-state index is 12.9. The van der Waals surface area contributed by atoms with Crippen molar-refractivity contribution in [3.63, 3.8) is 0 Å². The molecule has 80 valence electrons. The molecule has 0 fully saturated rings. The summed E-state index contributed by atoms with van der Waals surface area (Å²) in [5.41, 5.74) is 0.326. The molecule has 1 aromatic carbocycles. The molecule has 0 unspecified atom stereocenters. The number of methoxy groups -OCH3 is 1. The zero-order valence-electron chi connectivity index (χ0n) is 8.38. The van der Waals surface area contributed by atoms with E-state index >= 15 is 0 Å². The van der Waals surface area contributed by atoms with Gasteiger partial charge < -0.3 is 4.74 Å². The van der Waals surface area contributed by atoms with Crippen LogP contribution in [0.4, 0.5) is 8.78 Å². The normalized spacial score (nSPS) is 10.7. The standard InChI is InChI=1S/C11H10F2O2/c1-7(14)3-4-8-5-9(12)10(13)6-11(8)15-2/h3-6H,1-2H3/b4-3+. The fourth-order valence-electron chi connectivity index (χ4n) is 1.06. The number of hydrogen-bond donors (Lipinski definition) is 0. The molecule has 0 aromatic heterocycles. The Bertz CT molecular complexity index is 411. The van der Waals surface area contributed by atoms with E-state index in [1.54, 1.807) is 0 Å². The molecule has 0 saturated heterocycles. The van der Waals surface area contributed by atoms with Gasteiger partial charge in [0, 0.05) is 11.6 Å². The largest absolute Gasteiger partial charge is 0.496 e. The zero-order valence-corrected chi connectivity index (χ0v) is 8.38. The van der Waals surface area contributed by atoms with Crippen molar-refractivity contribution in [2.75, 3.05) is 7.11 Å². The van der Waals surface area contributed by atoms with Gasteiger partial charge in [0.15, 0.2) is 17.4 Å². The number of allylic oxidation sites excluding steroid dienone is 1. The highest BCUT2D eigenvalue weighted by atomic mass is 19.2. The Kier molecular flexibility index (Phi) is 3.55. The maximum Gasteiger partial charge on any atom is 0.162 e. The Morgan fingerprint density at radius 3 is 2.47 bits per heavy atom. The quantitative estimate of drug-likeness (QED) is 0.720. The van der Waals surface area contributed by atoms with Crippen molar-refractivity contribution in [1.82, 2.24) is 0 Å². The smallest absolute Gasteiger partial charge is 0.162 e. The fourth-order valence-corrected chi connectivity index (χ4v) is 1.06. The van der Waals surface area contributed by atoms with Crippen molar-refractivity contribution in [3.8, 4) is 5.75 Å². The summed E-state index contributed by atoms with van der Waals surface area (Å²) in [5, 5.41) is 0. The van der Waals surface area contributed by atoms with E-state index in [-0.39, 0.29) is 11.5 Å². The van der Waals surface area contributed by atoms with Crippen molar-refractivity contribution < 1.29 is 18.3 Å². The SMILES string of the molecule is COc1cc(F)c(F)cc1/C=C/C(C)=O. The zero-order chi connectivity index (χ0) is 11.4. The number of benzene rings is 1. The van der Waals surface area contributed by atoms with Gasteiger partial charge in [0.1, 0.15) is 5.75 Å². The van der Waals surface area contributed by atoms with Crippen molar-refractivity contribution in [2.24, 2.45) is 0 Å². The van der Waals surface area contributed by atoms with E-state index in [4.69, 9.17) is 4.74 Å². The molecule has 0 spiro atoms. The molecule has 0 heterocycles. The van der Waals surface area contributed by atoms with Crippen LogP contribution in [0.25, 0.3) is 6.08 Å². The van der Waals surface area contributed by atoms with Gasteiger partial charge >= 0.3 is 0 Å². The van der Waals surface area contributed by atoms with E-state index in [1.165, 1.54) is 26.2 Å². The summed E-state index contributed by atoms with van der Waals surface area (Å²) in [6.07, 6.45) is 2.64. The van der Waals surface area contributed by atoms with Crippen molar-refractivity contribution >= 4 is 11.9 Å². The Morgan fingerprint density at radius 2 is 1.93 bits per heavy atom. The topological polar surface area (TPSA) is 26.3 Å². The molecule has 0 bridgehead atoms. The summed E-state index contributed by atoms with van der Waals surface area (Å²) < 4.78 is 30.5. The first kappa shape index (κ1) is 11.4. The van der Waals surface area contributed by atoms with Crippen molar-refractivity contribution in [2.45, 2.75) is 6.92 Å². The van der Waals surface area contributed by atoms with Crippen molar-refractivity contribution in [3.05, 3.63) is 35.4 Å². The summed E-state index contributed by atoms with van der Waals surface area (Å²) in [6.45, 7) is 1.36. The first-order valence-corrected chi connectivity index (χ1v) is 4.26. The lowest BCUT2D eigenvalue weighted by Crippen LogP contribution is -1.92. The number of ketones is 1. The van der Waals surface area contributed by atoms with Crippen LogP contribution in [0, 0.1) is 11.6 Å². The van der Waals surface area contributed by atoms with Gasteiger partial charge in [-0.15, -0.1) is 0 Å². The summed E-state index contributed by atoms with van der Waals surface area (Å²) in [4.78, 5) is 10.7. The fraction of sp³-hybridized carbons (Fsp3) is 0.182. The minimum Gasteiger partial charge on any atom is -0.496 e. The van der Waals surface area contributed by atoms with E-state index in [2.05, 4.69) is 0 Å². The maximum absolute atomic E-state index is 12.9. The molecular weight excluding hydrogens is 202 g/mol. The van der Waals surface area contributed by atoms with Gasteiger partial charge in [0.2, 0.25) is 0 Å². The van der Waals surface area contributed by atoms with Crippen molar-refractivity contribution in [1.29, 1.82) is 0 Å². The highest BCUT2D eigenvalue weighted by molar-refractivity contribution is 5.91. The minimum absolute atomic E-state index is 0.179. The van der Waals surface area contributed by atoms with Crippen LogP contribution >= 0.6 is 0 Å². The van der Waals surface area contributed by atoms with Crippen LogP contribution in [-0.4, -0.2) is 12.9 Å². The molecule has 15 heavy (non-hydrogen) atoms. The lowest BCUT2D eigenvalue weighted by molar-refractivity contribution is -0.112. The van der Waals surface area contributed by atoms with Crippen LogP contribution in [0.2, 0.25) is 0 Å². The number of ether oxygens (including phenoxy) is 1. The second kappa shape index (κ2) is 4.68.